The van der Waals surface area contributed by atoms with Crippen LogP contribution in [0.5, 0.6) is 5.75 Å². The minimum absolute atomic E-state index is 0.0127. The number of benzene rings is 2. The highest BCUT2D eigenvalue weighted by atomic mass is 16.5. The number of aromatic nitrogens is 1. The van der Waals surface area contributed by atoms with Gasteiger partial charge in [-0.25, -0.2) is 0 Å². The van der Waals surface area contributed by atoms with Crippen molar-refractivity contribution >= 4 is 17.5 Å². The molecule has 2 aromatic carbocycles. The average Bonchev–Trinajstić information content (AvgIpc) is 2.79. The SMILES string of the molecule is CCc1ccc(CN(Cc2cccnc2)C(=O)c2ccc3c(c2)NC(=O)CO3)cc1. The smallest absolute Gasteiger partial charge is 0.262 e. The molecule has 0 radical (unpaired) electrons. The van der Waals surface area contributed by atoms with E-state index in [2.05, 4.69) is 41.5 Å². The molecule has 30 heavy (non-hydrogen) atoms. The van der Waals surface area contributed by atoms with E-state index in [-0.39, 0.29) is 18.4 Å². The molecule has 0 spiro atoms. The summed E-state index contributed by atoms with van der Waals surface area (Å²) in [6.07, 6.45) is 4.45. The maximum atomic E-state index is 13.4. The Labute approximate surface area is 175 Å². The first-order valence-electron chi connectivity index (χ1n) is 9.95. The zero-order valence-electron chi connectivity index (χ0n) is 16.8. The number of hydrogen-bond donors (Lipinski definition) is 1. The molecule has 6 heteroatoms. The lowest BCUT2D eigenvalue weighted by Crippen LogP contribution is -2.31. The summed E-state index contributed by atoms with van der Waals surface area (Å²) in [5.41, 5.74) is 4.28. The van der Waals surface area contributed by atoms with Gasteiger partial charge in [0.2, 0.25) is 0 Å². The van der Waals surface area contributed by atoms with E-state index >= 15 is 0 Å². The molecule has 0 saturated heterocycles. The van der Waals surface area contributed by atoms with Crippen molar-refractivity contribution in [1.82, 2.24) is 9.88 Å². The van der Waals surface area contributed by atoms with E-state index in [9.17, 15) is 9.59 Å². The summed E-state index contributed by atoms with van der Waals surface area (Å²) in [5, 5.41) is 2.76. The Morgan fingerprint density at radius 3 is 2.57 bits per heavy atom. The van der Waals surface area contributed by atoms with Gasteiger partial charge in [0, 0.05) is 31.0 Å². The number of ether oxygens (including phenoxy) is 1. The van der Waals surface area contributed by atoms with Crippen LogP contribution in [0.2, 0.25) is 0 Å². The van der Waals surface area contributed by atoms with Crippen molar-refractivity contribution in [2.75, 3.05) is 11.9 Å². The van der Waals surface area contributed by atoms with Gasteiger partial charge in [-0.15, -0.1) is 0 Å². The van der Waals surface area contributed by atoms with Crippen LogP contribution in [0.3, 0.4) is 0 Å². The van der Waals surface area contributed by atoms with E-state index in [0.29, 0.717) is 30.1 Å². The molecule has 0 fully saturated rings. The van der Waals surface area contributed by atoms with Crippen LogP contribution in [0.1, 0.15) is 34.0 Å². The molecule has 4 rings (SSSR count). The molecule has 0 atom stereocenters. The van der Waals surface area contributed by atoms with Gasteiger partial charge in [0.25, 0.3) is 11.8 Å². The molecule has 0 unspecified atom stereocenters. The number of nitrogens with zero attached hydrogens (tertiary/aromatic N) is 2. The Hall–Kier alpha value is -3.67. The van der Waals surface area contributed by atoms with Crippen molar-refractivity contribution in [2.24, 2.45) is 0 Å². The predicted octanol–water partition coefficient (Wildman–Crippen LogP) is 3.82. The molecule has 3 aromatic rings. The van der Waals surface area contributed by atoms with Crippen LogP contribution in [0.4, 0.5) is 5.69 Å². The number of anilines is 1. The minimum Gasteiger partial charge on any atom is -0.482 e. The van der Waals surface area contributed by atoms with Crippen molar-refractivity contribution in [3.8, 4) is 5.75 Å². The molecule has 1 N–H and O–H groups in total. The molecule has 2 heterocycles. The Bertz CT molecular complexity index is 1050. The third kappa shape index (κ3) is 4.49. The Morgan fingerprint density at radius 2 is 1.83 bits per heavy atom. The van der Waals surface area contributed by atoms with Crippen LogP contribution in [-0.4, -0.2) is 28.3 Å². The third-order valence-corrected chi connectivity index (χ3v) is 5.05. The number of rotatable bonds is 6. The van der Waals surface area contributed by atoms with Crippen molar-refractivity contribution in [1.29, 1.82) is 0 Å². The summed E-state index contributed by atoms with van der Waals surface area (Å²) >= 11 is 0. The van der Waals surface area contributed by atoms with E-state index in [0.717, 1.165) is 17.5 Å². The Balaban J connectivity index is 1.61. The fourth-order valence-corrected chi connectivity index (χ4v) is 3.41. The van der Waals surface area contributed by atoms with E-state index in [1.165, 1.54) is 5.56 Å². The van der Waals surface area contributed by atoms with Gasteiger partial charge in [-0.1, -0.05) is 37.3 Å². The standard InChI is InChI=1S/C24H23N3O3/c1-2-17-5-7-18(8-6-17)14-27(15-19-4-3-11-25-13-19)24(29)20-9-10-22-21(12-20)26-23(28)16-30-22/h3-13H,2,14-16H2,1H3,(H,26,28). The number of fused-ring (bicyclic) bond motifs is 1. The van der Waals surface area contributed by atoms with Crippen LogP contribution in [0.15, 0.2) is 67.0 Å². The molecule has 6 nitrogen and oxygen atoms in total. The normalized spacial score (nSPS) is 12.5. The number of hydrogen-bond acceptors (Lipinski definition) is 4. The van der Waals surface area contributed by atoms with E-state index in [1.807, 2.05) is 12.1 Å². The number of nitrogens with one attached hydrogen (secondary N) is 1. The average molecular weight is 401 g/mol. The molecule has 0 aliphatic carbocycles. The summed E-state index contributed by atoms with van der Waals surface area (Å²) < 4.78 is 5.40. The van der Waals surface area contributed by atoms with Crippen molar-refractivity contribution < 1.29 is 14.3 Å². The summed E-state index contributed by atoms with van der Waals surface area (Å²) in [5.74, 6) is 0.219. The third-order valence-electron chi connectivity index (χ3n) is 5.05. The monoisotopic (exact) mass is 401 g/mol. The van der Waals surface area contributed by atoms with Crippen LogP contribution >= 0.6 is 0 Å². The van der Waals surface area contributed by atoms with Crippen molar-refractivity contribution in [3.05, 3.63) is 89.2 Å². The van der Waals surface area contributed by atoms with Crippen molar-refractivity contribution in [3.63, 3.8) is 0 Å². The molecular weight excluding hydrogens is 378 g/mol. The number of aryl methyl sites for hydroxylation is 1. The molecule has 2 amide bonds. The molecule has 152 valence electrons. The molecule has 1 aromatic heterocycles. The largest absolute Gasteiger partial charge is 0.482 e. The maximum Gasteiger partial charge on any atom is 0.262 e. The lowest BCUT2D eigenvalue weighted by molar-refractivity contribution is -0.118. The molecule has 1 aliphatic heterocycles. The van der Waals surface area contributed by atoms with Gasteiger partial charge in [0.1, 0.15) is 5.75 Å². The van der Waals surface area contributed by atoms with Gasteiger partial charge < -0.3 is 15.0 Å². The first-order valence-corrected chi connectivity index (χ1v) is 9.95. The van der Waals surface area contributed by atoms with E-state index in [4.69, 9.17) is 4.74 Å². The summed E-state index contributed by atoms with van der Waals surface area (Å²) in [6.45, 7) is 3.01. The van der Waals surface area contributed by atoms with E-state index in [1.54, 1.807) is 35.5 Å². The topological polar surface area (TPSA) is 71.5 Å². The van der Waals surface area contributed by atoms with Gasteiger partial charge in [-0.3, -0.25) is 14.6 Å². The van der Waals surface area contributed by atoms with Gasteiger partial charge in [-0.2, -0.15) is 0 Å². The zero-order chi connectivity index (χ0) is 20.9. The Morgan fingerprint density at radius 1 is 1.07 bits per heavy atom. The summed E-state index contributed by atoms with van der Waals surface area (Å²) in [4.78, 5) is 31.0. The van der Waals surface area contributed by atoms with E-state index < -0.39 is 0 Å². The van der Waals surface area contributed by atoms with Gasteiger partial charge >= 0.3 is 0 Å². The summed E-state index contributed by atoms with van der Waals surface area (Å²) in [7, 11) is 0. The predicted molar refractivity (Wildman–Crippen MR) is 114 cm³/mol. The van der Waals surface area contributed by atoms with Crippen LogP contribution in [0.25, 0.3) is 0 Å². The highest BCUT2D eigenvalue weighted by Gasteiger charge is 2.21. The molecular formula is C24H23N3O3. The second kappa shape index (κ2) is 8.78. The zero-order valence-corrected chi connectivity index (χ0v) is 16.8. The molecule has 1 aliphatic rings. The number of carbonyl (C=O) groups excluding carboxylic acids is 2. The lowest BCUT2D eigenvalue weighted by atomic mass is 10.1. The first-order chi connectivity index (χ1) is 14.6. The quantitative estimate of drug-likeness (QED) is 0.682. The number of carbonyl (C=O) groups is 2. The number of pyridine rings is 1. The minimum atomic E-state index is -0.227. The van der Waals surface area contributed by atoms with Gasteiger partial charge in [0.05, 0.1) is 5.69 Å². The fraction of sp³-hybridized carbons (Fsp3) is 0.208. The molecule has 0 bridgehead atoms. The second-order valence-corrected chi connectivity index (χ2v) is 7.24. The fourth-order valence-electron chi connectivity index (χ4n) is 3.41. The van der Waals surface area contributed by atoms with Crippen LogP contribution < -0.4 is 10.1 Å². The highest BCUT2D eigenvalue weighted by Crippen LogP contribution is 2.29. The first kappa shape index (κ1) is 19.6. The highest BCUT2D eigenvalue weighted by molar-refractivity contribution is 5.99. The van der Waals surface area contributed by atoms with Crippen LogP contribution in [0, 0.1) is 0 Å². The maximum absolute atomic E-state index is 13.4. The Kier molecular flexibility index (Phi) is 5.75. The molecule has 0 saturated carbocycles. The number of amides is 2. The summed E-state index contributed by atoms with van der Waals surface area (Å²) in [6, 6.07) is 17.2. The second-order valence-electron chi connectivity index (χ2n) is 7.24. The van der Waals surface area contributed by atoms with Crippen molar-refractivity contribution in [2.45, 2.75) is 26.4 Å². The van der Waals surface area contributed by atoms with Gasteiger partial charge in [0.15, 0.2) is 6.61 Å². The van der Waals surface area contributed by atoms with Crippen LogP contribution in [-0.2, 0) is 24.3 Å². The lowest BCUT2D eigenvalue weighted by Gasteiger charge is -2.24. The van der Waals surface area contributed by atoms with Gasteiger partial charge in [-0.05, 0) is 47.4 Å².